The minimum atomic E-state index is -1.21. The predicted molar refractivity (Wildman–Crippen MR) is 105 cm³/mol. The maximum atomic E-state index is 13.3. The smallest absolute Gasteiger partial charge is 0.352 e. The summed E-state index contributed by atoms with van der Waals surface area (Å²) in [6.07, 6.45) is 0. The number of aryl methyl sites for hydroxylation is 1. The maximum absolute atomic E-state index is 13.3. The molecule has 0 unspecified atom stereocenters. The summed E-state index contributed by atoms with van der Waals surface area (Å²) in [6.45, 7) is 0. The van der Waals surface area contributed by atoms with Gasteiger partial charge in [0.1, 0.15) is 22.9 Å². The molecule has 13 heteroatoms. The summed E-state index contributed by atoms with van der Waals surface area (Å²) in [4.78, 5) is 38.1. The second-order valence-corrected chi connectivity index (χ2v) is 8.55. The number of β-lactam (4-membered cyclic amide) rings is 1. The van der Waals surface area contributed by atoms with Crippen LogP contribution < -0.4 is 5.32 Å². The molecule has 1 aromatic carbocycles. The molecule has 4 rings (SSSR count). The number of thioether (sulfide) groups is 2. The summed E-state index contributed by atoms with van der Waals surface area (Å²) in [5.74, 6) is -2.20. The molecule has 0 aliphatic carbocycles. The van der Waals surface area contributed by atoms with Gasteiger partial charge in [0.2, 0.25) is 5.16 Å². The Balaban J connectivity index is 1.49. The number of hydrogen-bond acceptors (Lipinski definition) is 8. The zero-order valence-corrected chi connectivity index (χ0v) is 17.1. The first kappa shape index (κ1) is 20.3. The van der Waals surface area contributed by atoms with E-state index in [0.717, 1.165) is 6.07 Å². The van der Waals surface area contributed by atoms with Crippen molar-refractivity contribution in [2.45, 2.75) is 16.6 Å². The van der Waals surface area contributed by atoms with Gasteiger partial charge in [-0.05, 0) is 34.2 Å². The summed E-state index contributed by atoms with van der Waals surface area (Å²) >= 11 is 2.63. The summed E-state index contributed by atoms with van der Waals surface area (Å²) in [5.41, 5.74) is 0.577. The molecule has 2 aliphatic heterocycles. The average molecular weight is 450 g/mol. The Kier molecular flexibility index (Phi) is 5.47. The van der Waals surface area contributed by atoms with Crippen molar-refractivity contribution in [3.8, 4) is 0 Å². The molecule has 2 aliphatic rings. The number of carboxylic acid groups (broad SMARTS) is 1. The number of benzene rings is 1. The Labute approximate surface area is 177 Å². The number of hydrogen-bond donors (Lipinski definition) is 2. The summed E-state index contributed by atoms with van der Waals surface area (Å²) in [6, 6.07) is 4.24. The number of carboxylic acids is 1. The number of tetrazole rings is 1. The van der Waals surface area contributed by atoms with E-state index in [2.05, 4.69) is 20.8 Å². The third-order valence-corrected chi connectivity index (χ3v) is 7.02. The van der Waals surface area contributed by atoms with E-state index >= 15 is 0 Å². The van der Waals surface area contributed by atoms with Crippen LogP contribution in [0.5, 0.6) is 0 Å². The summed E-state index contributed by atoms with van der Waals surface area (Å²) in [7, 11) is 1.67. The predicted octanol–water partition coefficient (Wildman–Crippen LogP) is 0.494. The average Bonchev–Trinajstić information content (AvgIpc) is 3.14. The normalized spacial score (nSPS) is 20.6. The van der Waals surface area contributed by atoms with Gasteiger partial charge in [-0.25, -0.2) is 13.9 Å². The Morgan fingerprint density at radius 3 is 2.90 bits per heavy atom. The molecule has 2 N–H and O–H groups in total. The van der Waals surface area contributed by atoms with Crippen molar-refractivity contribution in [1.82, 2.24) is 30.4 Å². The van der Waals surface area contributed by atoms with Crippen molar-refractivity contribution < 1.29 is 23.9 Å². The summed E-state index contributed by atoms with van der Waals surface area (Å²) in [5, 5.41) is 23.4. The Hall–Kier alpha value is -2.93. The monoisotopic (exact) mass is 450 g/mol. The Bertz CT molecular complexity index is 1070. The molecule has 2 atom stereocenters. The molecule has 1 saturated heterocycles. The van der Waals surface area contributed by atoms with Gasteiger partial charge >= 0.3 is 5.97 Å². The topological polar surface area (TPSA) is 130 Å². The van der Waals surface area contributed by atoms with Gasteiger partial charge in [0.25, 0.3) is 11.8 Å². The fourth-order valence-corrected chi connectivity index (χ4v) is 5.48. The van der Waals surface area contributed by atoms with Gasteiger partial charge in [0, 0.05) is 24.1 Å². The van der Waals surface area contributed by atoms with Crippen molar-refractivity contribution in [2.75, 3.05) is 11.5 Å². The molecule has 0 bridgehead atoms. The van der Waals surface area contributed by atoms with Crippen molar-refractivity contribution in [1.29, 1.82) is 0 Å². The lowest BCUT2D eigenvalue weighted by molar-refractivity contribution is -0.148. The highest BCUT2D eigenvalue weighted by Crippen LogP contribution is 2.41. The molecule has 1 aromatic heterocycles. The minimum absolute atomic E-state index is 0.0809. The van der Waals surface area contributed by atoms with Gasteiger partial charge in [-0.3, -0.25) is 14.5 Å². The number of amides is 2. The molecule has 0 radical (unpaired) electrons. The number of nitrogens with one attached hydrogen (secondary N) is 1. The van der Waals surface area contributed by atoms with Crippen LogP contribution in [0.1, 0.15) is 10.4 Å². The minimum Gasteiger partial charge on any atom is -0.477 e. The van der Waals surface area contributed by atoms with E-state index in [4.69, 9.17) is 0 Å². The fraction of sp³-hybridized carbons (Fsp3) is 0.294. The molecule has 2 aromatic rings. The molecule has 2 amide bonds. The van der Waals surface area contributed by atoms with Crippen LogP contribution in [0.2, 0.25) is 0 Å². The lowest BCUT2D eigenvalue weighted by Crippen LogP contribution is -2.70. The number of rotatable bonds is 6. The van der Waals surface area contributed by atoms with Crippen LogP contribution >= 0.6 is 23.5 Å². The standard InChI is InChI=1S/C17H15FN6O4S2/c1-23-17(20-21-22-23)30-7-9-6-29-15-11(14(26)24(15)12(9)16(27)28)19-13(25)8-3-2-4-10(18)5-8/h2-5,11,15H,6-7H2,1H3,(H,19,25)(H,27,28)/t11-,15-/m1/s1. The summed E-state index contributed by atoms with van der Waals surface area (Å²) < 4.78 is 14.8. The molecule has 30 heavy (non-hydrogen) atoms. The molecule has 0 spiro atoms. The number of fused-ring (bicyclic) bond motifs is 1. The van der Waals surface area contributed by atoms with Crippen LogP contribution in [0.4, 0.5) is 4.39 Å². The maximum Gasteiger partial charge on any atom is 0.352 e. The van der Waals surface area contributed by atoms with E-state index in [9.17, 15) is 23.9 Å². The van der Waals surface area contributed by atoms with Gasteiger partial charge in [0.15, 0.2) is 0 Å². The van der Waals surface area contributed by atoms with Crippen LogP contribution in [0.25, 0.3) is 0 Å². The molecule has 1 fully saturated rings. The van der Waals surface area contributed by atoms with E-state index in [0.29, 0.717) is 22.2 Å². The van der Waals surface area contributed by atoms with Crippen LogP contribution in [-0.4, -0.2) is 70.9 Å². The molecule has 0 saturated carbocycles. The number of carbonyl (C=O) groups is 3. The fourth-order valence-electron chi connectivity index (χ4n) is 3.14. The molecular weight excluding hydrogens is 435 g/mol. The molecule has 10 nitrogen and oxygen atoms in total. The number of aromatic nitrogens is 4. The highest BCUT2D eigenvalue weighted by atomic mass is 32.2. The van der Waals surface area contributed by atoms with Gasteiger partial charge in [-0.15, -0.1) is 16.9 Å². The van der Waals surface area contributed by atoms with Gasteiger partial charge < -0.3 is 10.4 Å². The molecule has 156 valence electrons. The lowest BCUT2D eigenvalue weighted by atomic mass is 10.0. The second-order valence-electron chi connectivity index (χ2n) is 6.50. The second kappa shape index (κ2) is 8.07. The third kappa shape index (κ3) is 3.65. The van der Waals surface area contributed by atoms with Crippen LogP contribution in [0.3, 0.4) is 0 Å². The third-order valence-electron chi connectivity index (χ3n) is 4.58. The number of aliphatic carboxylic acids is 1. The van der Waals surface area contributed by atoms with Crippen LogP contribution in [0, 0.1) is 5.82 Å². The number of nitrogens with zero attached hydrogens (tertiary/aromatic N) is 5. The zero-order chi connectivity index (χ0) is 21.4. The van der Waals surface area contributed by atoms with Gasteiger partial charge in [-0.2, -0.15) is 0 Å². The highest BCUT2D eigenvalue weighted by Gasteiger charge is 2.54. The van der Waals surface area contributed by atoms with E-state index in [1.165, 1.54) is 51.3 Å². The van der Waals surface area contributed by atoms with Crippen molar-refractivity contribution in [3.05, 3.63) is 46.9 Å². The first-order valence-electron chi connectivity index (χ1n) is 8.68. The SMILES string of the molecule is Cn1nnnc1SCC1=C(C(=O)O)N2C(=O)[C@@H](NC(=O)c3cccc(F)c3)[C@H]2SC1. The lowest BCUT2D eigenvalue weighted by Gasteiger charge is -2.49. The quantitative estimate of drug-likeness (QED) is 0.477. The first-order chi connectivity index (χ1) is 14.4. The van der Waals surface area contributed by atoms with E-state index in [-0.39, 0.29) is 11.3 Å². The van der Waals surface area contributed by atoms with E-state index in [1.54, 1.807) is 7.05 Å². The van der Waals surface area contributed by atoms with Crippen LogP contribution in [0.15, 0.2) is 40.7 Å². The molecular formula is C17H15FN6O4S2. The molecule has 3 heterocycles. The Morgan fingerprint density at radius 1 is 1.43 bits per heavy atom. The first-order valence-corrected chi connectivity index (χ1v) is 10.7. The zero-order valence-electron chi connectivity index (χ0n) is 15.5. The van der Waals surface area contributed by atoms with Crippen molar-refractivity contribution in [3.63, 3.8) is 0 Å². The number of halogens is 1. The van der Waals surface area contributed by atoms with Crippen LogP contribution in [-0.2, 0) is 16.6 Å². The van der Waals surface area contributed by atoms with E-state index in [1.807, 2.05) is 0 Å². The van der Waals surface area contributed by atoms with Gasteiger partial charge in [0.05, 0.1) is 0 Å². The van der Waals surface area contributed by atoms with E-state index < -0.39 is 35.0 Å². The number of carbonyl (C=O) groups excluding carboxylic acids is 2. The van der Waals surface area contributed by atoms with Crippen molar-refractivity contribution in [2.24, 2.45) is 7.05 Å². The highest BCUT2D eigenvalue weighted by molar-refractivity contribution is 8.01. The Morgan fingerprint density at radius 2 is 2.23 bits per heavy atom. The van der Waals surface area contributed by atoms with Gasteiger partial charge in [-0.1, -0.05) is 17.8 Å². The largest absolute Gasteiger partial charge is 0.477 e. The van der Waals surface area contributed by atoms with Crippen molar-refractivity contribution >= 4 is 41.3 Å².